The number of nitrogens with zero attached hydrogens (tertiary/aromatic N) is 4. The summed E-state index contributed by atoms with van der Waals surface area (Å²) in [6.45, 7) is 2.95. The van der Waals surface area contributed by atoms with Gasteiger partial charge in [0.15, 0.2) is 0 Å². The number of hydrogen-bond donors (Lipinski definition) is 1. The Hall–Kier alpha value is -1.62. The van der Waals surface area contributed by atoms with Crippen molar-refractivity contribution in [2.24, 2.45) is 0 Å². The Morgan fingerprint density at radius 1 is 1.41 bits per heavy atom. The number of halogens is 1. The van der Waals surface area contributed by atoms with Gasteiger partial charge < -0.3 is 5.73 Å². The maximum Gasteiger partial charge on any atom is 0.138 e. The molecule has 0 aliphatic rings. The number of pyridine rings is 1. The topological polar surface area (TPSA) is 69.6 Å². The fourth-order valence-corrected chi connectivity index (χ4v) is 1.81. The second-order valence-electron chi connectivity index (χ2n) is 3.77. The lowest BCUT2D eigenvalue weighted by Crippen LogP contribution is -2.07. The predicted octanol–water partition coefficient (Wildman–Crippen LogP) is 1.91. The average molecular weight is 252 g/mol. The molecular formula is C11H14ClN5. The lowest BCUT2D eigenvalue weighted by Gasteiger charge is -2.06. The minimum absolute atomic E-state index is 0.487. The summed E-state index contributed by atoms with van der Waals surface area (Å²) in [4.78, 5) is 8.25. The molecule has 2 heterocycles. The molecule has 17 heavy (non-hydrogen) atoms. The summed E-state index contributed by atoms with van der Waals surface area (Å²) in [5.74, 6) is 1.36. The fourth-order valence-electron chi connectivity index (χ4n) is 1.63. The Bertz CT molecular complexity index is 508. The molecule has 0 atom stereocenters. The molecule has 90 valence electrons. The first-order chi connectivity index (χ1) is 8.20. The highest BCUT2D eigenvalue weighted by atomic mass is 35.5. The van der Waals surface area contributed by atoms with E-state index in [1.165, 1.54) is 6.20 Å². The number of nitrogen functional groups attached to an aromatic ring is 1. The van der Waals surface area contributed by atoms with Crippen LogP contribution in [0.2, 0.25) is 5.02 Å². The number of hydrogen-bond acceptors (Lipinski definition) is 4. The molecule has 0 aliphatic carbocycles. The number of rotatable bonds is 4. The third kappa shape index (κ3) is 2.74. The molecule has 2 rings (SSSR count). The van der Waals surface area contributed by atoms with Gasteiger partial charge in [-0.3, -0.25) is 0 Å². The van der Waals surface area contributed by atoms with Crippen LogP contribution >= 0.6 is 11.6 Å². The zero-order valence-electron chi connectivity index (χ0n) is 9.60. The van der Waals surface area contributed by atoms with E-state index in [0.717, 1.165) is 24.4 Å². The van der Waals surface area contributed by atoms with E-state index in [1.807, 2.05) is 10.7 Å². The lowest BCUT2D eigenvalue weighted by molar-refractivity contribution is 0.576. The van der Waals surface area contributed by atoms with Crippen LogP contribution < -0.4 is 5.73 Å². The van der Waals surface area contributed by atoms with Crippen molar-refractivity contribution in [3.63, 3.8) is 0 Å². The molecule has 6 heteroatoms. The lowest BCUT2D eigenvalue weighted by atomic mass is 10.2. The molecule has 5 nitrogen and oxygen atoms in total. The van der Waals surface area contributed by atoms with Crippen LogP contribution in [0.4, 0.5) is 5.82 Å². The standard InChI is InChI=1S/C11H14ClN5/c1-2-3-17-10(15-7-16-17)5-8-4-9(12)6-14-11(8)13/h4,6-7H,2-3,5H2,1H3,(H2,13,14). The van der Waals surface area contributed by atoms with Gasteiger partial charge in [0.2, 0.25) is 0 Å². The molecule has 0 spiro atoms. The normalized spacial score (nSPS) is 10.7. The summed E-state index contributed by atoms with van der Waals surface area (Å²) in [6.07, 6.45) is 4.70. The van der Waals surface area contributed by atoms with Gasteiger partial charge in [0, 0.05) is 24.7 Å². The third-order valence-corrected chi connectivity index (χ3v) is 2.65. The summed E-state index contributed by atoms with van der Waals surface area (Å²) < 4.78 is 1.88. The zero-order valence-corrected chi connectivity index (χ0v) is 10.4. The molecule has 0 radical (unpaired) electrons. The van der Waals surface area contributed by atoms with Crippen molar-refractivity contribution in [2.75, 3.05) is 5.73 Å². The van der Waals surface area contributed by atoms with E-state index in [2.05, 4.69) is 22.0 Å². The van der Waals surface area contributed by atoms with Crippen molar-refractivity contribution in [1.82, 2.24) is 19.7 Å². The SMILES string of the molecule is CCCn1ncnc1Cc1cc(Cl)cnc1N. The van der Waals surface area contributed by atoms with E-state index in [1.54, 1.807) is 6.33 Å². The first kappa shape index (κ1) is 11.9. The van der Waals surface area contributed by atoms with Gasteiger partial charge in [0.1, 0.15) is 18.0 Å². The van der Waals surface area contributed by atoms with Crippen molar-refractivity contribution < 1.29 is 0 Å². The van der Waals surface area contributed by atoms with Crippen molar-refractivity contribution in [3.8, 4) is 0 Å². The van der Waals surface area contributed by atoms with Crippen LogP contribution in [0.15, 0.2) is 18.6 Å². The van der Waals surface area contributed by atoms with Gasteiger partial charge in [-0.1, -0.05) is 18.5 Å². The molecule has 2 N–H and O–H groups in total. The summed E-state index contributed by atoms with van der Waals surface area (Å²) >= 11 is 5.90. The molecule has 2 aromatic rings. The quantitative estimate of drug-likeness (QED) is 0.901. The highest BCUT2D eigenvalue weighted by molar-refractivity contribution is 6.30. The Kier molecular flexibility index (Phi) is 3.58. The van der Waals surface area contributed by atoms with Gasteiger partial charge in [-0.25, -0.2) is 14.6 Å². The molecule has 0 aliphatic heterocycles. The molecule has 0 aromatic carbocycles. The first-order valence-electron chi connectivity index (χ1n) is 5.47. The van der Waals surface area contributed by atoms with Crippen LogP contribution in [0.5, 0.6) is 0 Å². The van der Waals surface area contributed by atoms with Crippen molar-refractivity contribution in [3.05, 3.63) is 35.0 Å². The highest BCUT2D eigenvalue weighted by Crippen LogP contribution is 2.17. The van der Waals surface area contributed by atoms with Crippen molar-refractivity contribution >= 4 is 17.4 Å². The zero-order chi connectivity index (χ0) is 12.3. The second kappa shape index (κ2) is 5.14. The van der Waals surface area contributed by atoms with Crippen LogP contribution in [0.3, 0.4) is 0 Å². The number of anilines is 1. The molecule has 0 saturated heterocycles. The number of aromatic nitrogens is 4. The molecule has 0 bridgehead atoms. The minimum atomic E-state index is 0.487. The number of aryl methyl sites for hydroxylation is 1. The van der Waals surface area contributed by atoms with Gasteiger partial charge in [0.25, 0.3) is 0 Å². The van der Waals surface area contributed by atoms with E-state index >= 15 is 0 Å². The number of nitrogens with two attached hydrogens (primary N) is 1. The third-order valence-electron chi connectivity index (χ3n) is 2.45. The minimum Gasteiger partial charge on any atom is -0.383 e. The summed E-state index contributed by atoms with van der Waals surface area (Å²) in [7, 11) is 0. The Morgan fingerprint density at radius 2 is 2.24 bits per heavy atom. The first-order valence-corrected chi connectivity index (χ1v) is 5.85. The van der Waals surface area contributed by atoms with E-state index in [4.69, 9.17) is 17.3 Å². The van der Waals surface area contributed by atoms with Gasteiger partial charge >= 0.3 is 0 Å². The van der Waals surface area contributed by atoms with Gasteiger partial charge in [-0.15, -0.1) is 0 Å². The molecule has 2 aromatic heterocycles. The van der Waals surface area contributed by atoms with E-state index in [-0.39, 0.29) is 0 Å². The molecule has 0 amide bonds. The maximum absolute atomic E-state index is 5.90. The van der Waals surface area contributed by atoms with Crippen LogP contribution in [0.1, 0.15) is 24.7 Å². The van der Waals surface area contributed by atoms with Crippen LogP contribution in [0.25, 0.3) is 0 Å². The summed E-state index contributed by atoms with van der Waals surface area (Å²) in [6, 6.07) is 1.81. The van der Waals surface area contributed by atoms with Gasteiger partial charge in [-0.2, -0.15) is 5.10 Å². The van der Waals surface area contributed by atoms with Crippen molar-refractivity contribution in [2.45, 2.75) is 26.3 Å². The average Bonchev–Trinajstić information content (AvgIpc) is 2.72. The van der Waals surface area contributed by atoms with Crippen LogP contribution in [-0.2, 0) is 13.0 Å². The molecule has 0 fully saturated rings. The van der Waals surface area contributed by atoms with E-state index < -0.39 is 0 Å². The molecule has 0 unspecified atom stereocenters. The van der Waals surface area contributed by atoms with Crippen molar-refractivity contribution in [1.29, 1.82) is 0 Å². The van der Waals surface area contributed by atoms with E-state index in [0.29, 0.717) is 17.3 Å². The smallest absolute Gasteiger partial charge is 0.138 e. The van der Waals surface area contributed by atoms with Crippen LogP contribution in [-0.4, -0.2) is 19.7 Å². The van der Waals surface area contributed by atoms with E-state index in [9.17, 15) is 0 Å². The molecular weight excluding hydrogens is 238 g/mol. The van der Waals surface area contributed by atoms with Gasteiger partial charge in [0.05, 0.1) is 5.02 Å². The fraction of sp³-hybridized carbons (Fsp3) is 0.364. The second-order valence-corrected chi connectivity index (χ2v) is 4.21. The molecule has 0 saturated carbocycles. The Morgan fingerprint density at radius 3 is 3.00 bits per heavy atom. The van der Waals surface area contributed by atoms with Crippen LogP contribution in [0, 0.1) is 0 Å². The van der Waals surface area contributed by atoms with Gasteiger partial charge in [-0.05, 0) is 12.5 Å². The largest absolute Gasteiger partial charge is 0.383 e. The highest BCUT2D eigenvalue weighted by Gasteiger charge is 2.08. The maximum atomic E-state index is 5.90. The summed E-state index contributed by atoms with van der Waals surface area (Å²) in [5, 5.41) is 4.74. The monoisotopic (exact) mass is 251 g/mol. The Balaban J connectivity index is 2.25. The predicted molar refractivity (Wildman–Crippen MR) is 66.8 cm³/mol. The Labute approximate surface area is 105 Å². The summed E-state index contributed by atoms with van der Waals surface area (Å²) in [5.41, 5.74) is 6.68.